The van der Waals surface area contributed by atoms with Gasteiger partial charge in [-0.15, -0.1) is 0 Å². The van der Waals surface area contributed by atoms with Crippen LogP contribution in [0.3, 0.4) is 0 Å². The van der Waals surface area contributed by atoms with Crippen molar-refractivity contribution in [1.82, 2.24) is 10.2 Å². The average molecular weight is 226 g/mol. The highest BCUT2D eigenvalue weighted by Crippen LogP contribution is 2.36. The summed E-state index contributed by atoms with van der Waals surface area (Å²) in [6, 6.07) is 0. The van der Waals surface area contributed by atoms with E-state index in [9.17, 15) is 0 Å². The molecular formula is C14H30N2. The lowest BCUT2D eigenvalue weighted by molar-refractivity contribution is 0.0930. The molecule has 2 aliphatic heterocycles. The first-order chi connectivity index (χ1) is 7.54. The topological polar surface area (TPSA) is 15.3 Å². The number of hydrogen-bond donors (Lipinski definition) is 1. The average Bonchev–Trinajstić information content (AvgIpc) is 2.24. The highest BCUT2D eigenvalue weighted by atomic mass is 15.1. The normalized spacial score (nSPS) is 25.3. The zero-order valence-corrected chi connectivity index (χ0v) is 11.7. The van der Waals surface area contributed by atoms with Gasteiger partial charge in [-0.3, -0.25) is 0 Å². The maximum absolute atomic E-state index is 3.54. The molecule has 2 aliphatic rings. The van der Waals surface area contributed by atoms with E-state index in [2.05, 4.69) is 38.0 Å². The smallest absolute Gasteiger partial charge is 0.000877 e. The molecule has 0 unspecified atom stereocenters. The van der Waals surface area contributed by atoms with Crippen LogP contribution in [-0.4, -0.2) is 38.1 Å². The molecule has 96 valence electrons. The summed E-state index contributed by atoms with van der Waals surface area (Å²) in [6.07, 6.45) is 5.69. The van der Waals surface area contributed by atoms with E-state index in [0.717, 1.165) is 5.92 Å². The number of hydrogen-bond acceptors (Lipinski definition) is 2. The summed E-state index contributed by atoms with van der Waals surface area (Å²) in [5, 5.41) is 3.54. The van der Waals surface area contributed by atoms with Gasteiger partial charge in [-0.1, -0.05) is 20.8 Å². The fraction of sp³-hybridized carbons (Fsp3) is 1.00. The van der Waals surface area contributed by atoms with Crippen LogP contribution in [0.2, 0.25) is 0 Å². The predicted molar refractivity (Wildman–Crippen MR) is 71.8 cm³/mol. The second kappa shape index (κ2) is 6.61. The lowest BCUT2D eigenvalue weighted by Gasteiger charge is -2.43. The van der Waals surface area contributed by atoms with Crippen LogP contribution in [0.15, 0.2) is 0 Å². The Morgan fingerprint density at radius 1 is 1.06 bits per heavy atom. The van der Waals surface area contributed by atoms with Gasteiger partial charge in [0, 0.05) is 6.54 Å². The quantitative estimate of drug-likeness (QED) is 0.683. The van der Waals surface area contributed by atoms with Crippen molar-refractivity contribution >= 4 is 0 Å². The van der Waals surface area contributed by atoms with E-state index in [-0.39, 0.29) is 0 Å². The van der Waals surface area contributed by atoms with E-state index < -0.39 is 0 Å². The molecule has 0 aromatic carbocycles. The van der Waals surface area contributed by atoms with Crippen molar-refractivity contribution < 1.29 is 0 Å². The van der Waals surface area contributed by atoms with Gasteiger partial charge in [0.2, 0.25) is 0 Å². The van der Waals surface area contributed by atoms with Crippen LogP contribution >= 0.6 is 0 Å². The second-order valence-corrected chi connectivity index (χ2v) is 6.32. The number of piperidine rings is 2. The third-order valence-electron chi connectivity index (χ3n) is 3.61. The third-order valence-corrected chi connectivity index (χ3v) is 3.61. The Kier molecular flexibility index (Phi) is 5.77. The monoisotopic (exact) mass is 226 g/mol. The molecule has 0 aliphatic carbocycles. The van der Waals surface area contributed by atoms with E-state index in [0.29, 0.717) is 5.41 Å². The zero-order chi connectivity index (χ0) is 12.0. The number of likely N-dealkylation sites (tertiary alicyclic amines) is 1. The number of nitrogens with one attached hydrogen (secondary N) is 1. The first-order valence-corrected chi connectivity index (χ1v) is 6.93. The van der Waals surface area contributed by atoms with Gasteiger partial charge >= 0.3 is 0 Å². The molecule has 2 fully saturated rings. The van der Waals surface area contributed by atoms with Crippen molar-refractivity contribution in [3.63, 3.8) is 0 Å². The Hall–Kier alpha value is -0.0800. The van der Waals surface area contributed by atoms with Crippen LogP contribution in [0.1, 0.15) is 46.5 Å². The van der Waals surface area contributed by atoms with Crippen molar-refractivity contribution in [1.29, 1.82) is 0 Å². The van der Waals surface area contributed by atoms with Crippen LogP contribution in [0.25, 0.3) is 0 Å². The molecular weight excluding hydrogens is 196 g/mol. The molecule has 0 aromatic heterocycles. The van der Waals surface area contributed by atoms with Crippen molar-refractivity contribution in [2.75, 3.05) is 33.2 Å². The maximum Gasteiger partial charge on any atom is 0.000877 e. The van der Waals surface area contributed by atoms with Crippen LogP contribution in [-0.2, 0) is 0 Å². The van der Waals surface area contributed by atoms with E-state index in [1.165, 1.54) is 51.9 Å². The molecule has 2 rings (SSSR count). The molecule has 2 heteroatoms. The van der Waals surface area contributed by atoms with Gasteiger partial charge in [-0.25, -0.2) is 0 Å². The van der Waals surface area contributed by atoms with Crippen molar-refractivity contribution in [2.24, 2.45) is 11.3 Å². The summed E-state index contributed by atoms with van der Waals surface area (Å²) < 4.78 is 0. The van der Waals surface area contributed by atoms with Crippen LogP contribution in [0.5, 0.6) is 0 Å². The highest BCUT2D eigenvalue weighted by Gasteiger charge is 2.34. The van der Waals surface area contributed by atoms with E-state index in [1.807, 2.05) is 0 Å². The Labute approximate surface area is 102 Å². The molecule has 0 saturated carbocycles. The van der Waals surface area contributed by atoms with Gasteiger partial charge in [0.25, 0.3) is 0 Å². The van der Waals surface area contributed by atoms with E-state index >= 15 is 0 Å². The van der Waals surface area contributed by atoms with Crippen LogP contribution < -0.4 is 5.32 Å². The summed E-state index contributed by atoms with van der Waals surface area (Å²) >= 11 is 0. The molecule has 0 atom stereocenters. The molecule has 2 saturated heterocycles. The standard InChI is InChI=1S/C10H20N2.C4H10/c1-12-7-4-10(5-8-12)3-2-6-11-9-10;1-4(2)3/h11H,2-9H2,1H3;4H,1-3H3. The molecule has 0 aromatic rings. The largest absolute Gasteiger partial charge is 0.316 e. The molecule has 1 spiro atoms. The molecule has 0 bridgehead atoms. The molecule has 16 heavy (non-hydrogen) atoms. The lowest BCUT2D eigenvalue weighted by atomic mass is 9.73. The fourth-order valence-electron chi connectivity index (χ4n) is 2.55. The first-order valence-electron chi connectivity index (χ1n) is 6.93. The summed E-state index contributed by atoms with van der Waals surface area (Å²) in [5.74, 6) is 0.833. The highest BCUT2D eigenvalue weighted by molar-refractivity contribution is 4.89. The minimum Gasteiger partial charge on any atom is -0.316 e. The summed E-state index contributed by atoms with van der Waals surface area (Å²) in [7, 11) is 2.24. The number of nitrogens with zero attached hydrogens (tertiary/aromatic N) is 1. The van der Waals surface area contributed by atoms with Crippen molar-refractivity contribution in [2.45, 2.75) is 46.5 Å². The van der Waals surface area contributed by atoms with Gasteiger partial charge < -0.3 is 10.2 Å². The minimum absolute atomic E-state index is 0.685. The van der Waals surface area contributed by atoms with Gasteiger partial charge in [0.05, 0.1) is 0 Å². The third kappa shape index (κ3) is 4.84. The van der Waals surface area contributed by atoms with E-state index in [4.69, 9.17) is 0 Å². The molecule has 2 nitrogen and oxygen atoms in total. The molecule has 1 N–H and O–H groups in total. The van der Waals surface area contributed by atoms with Gasteiger partial charge in [0.1, 0.15) is 0 Å². The summed E-state index contributed by atoms with van der Waals surface area (Å²) in [6.45, 7) is 11.6. The minimum atomic E-state index is 0.685. The van der Waals surface area contributed by atoms with E-state index in [1.54, 1.807) is 0 Å². The molecule has 0 radical (unpaired) electrons. The second-order valence-electron chi connectivity index (χ2n) is 6.32. The van der Waals surface area contributed by atoms with Gasteiger partial charge in [-0.2, -0.15) is 0 Å². The molecule has 2 heterocycles. The van der Waals surface area contributed by atoms with Gasteiger partial charge in [0.15, 0.2) is 0 Å². The first kappa shape index (κ1) is 14.0. The number of rotatable bonds is 0. The van der Waals surface area contributed by atoms with Gasteiger partial charge in [-0.05, 0) is 63.7 Å². The van der Waals surface area contributed by atoms with Crippen molar-refractivity contribution in [3.8, 4) is 0 Å². The summed E-state index contributed by atoms with van der Waals surface area (Å²) in [5.41, 5.74) is 0.685. The Morgan fingerprint density at radius 2 is 1.62 bits per heavy atom. The lowest BCUT2D eigenvalue weighted by Crippen LogP contribution is -2.46. The SMILES string of the molecule is CC(C)C.CN1CCC2(CCCNC2)CC1. The Balaban J connectivity index is 0.000000280. The van der Waals surface area contributed by atoms with Crippen LogP contribution in [0.4, 0.5) is 0 Å². The summed E-state index contributed by atoms with van der Waals surface area (Å²) in [4.78, 5) is 2.46. The maximum atomic E-state index is 3.54. The van der Waals surface area contributed by atoms with Crippen molar-refractivity contribution in [3.05, 3.63) is 0 Å². The van der Waals surface area contributed by atoms with Crippen LogP contribution in [0, 0.1) is 11.3 Å². The zero-order valence-electron chi connectivity index (χ0n) is 11.7. The Morgan fingerprint density at radius 3 is 2.06 bits per heavy atom. The molecule has 0 amide bonds. The fourth-order valence-corrected chi connectivity index (χ4v) is 2.55. The Bertz CT molecular complexity index is 170. The predicted octanol–water partition coefficient (Wildman–Crippen LogP) is 2.74.